The van der Waals surface area contributed by atoms with Gasteiger partial charge < -0.3 is 4.90 Å². The van der Waals surface area contributed by atoms with Crippen LogP contribution in [-0.2, 0) is 24.9 Å². The van der Waals surface area contributed by atoms with Crippen LogP contribution in [0.5, 0.6) is 0 Å². The third kappa shape index (κ3) is 4.23. The first-order valence-corrected chi connectivity index (χ1v) is 11.1. The van der Waals surface area contributed by atoms with Crippen molar-refractivity contribution in [3.8, 4) is 0 Å². The molecule has 0 radical (unpaired) electrons. The maximum absolute atomic E-state index is 12.6. The van der Waals surface area contributed by atoms with E-state index in [0.29, 0.717) is 18.7 Å². The Hall–Kier alpha value is -1.53. The number of piperazine rings is 1. The predicted octanol–water partition coefficient (Wildman–Crippen LogP) is -0.0240. The van der Waals surface area contributed by atoms with Crippen molar-refractivity contribution in [1.82, 2.24) is 13.7 Å². The summed E-state index contributed by atoms with van der Waals surface area (Å²) in [5.74, 6) is -0.227. The summed E-state index contributed by atoms with van der Waals surface area (Å²) in [6.07, 6.45) is 0. The summed E-state index contributed by atoms with van der Waals surface area (Å²) in [4.78, 5) is 18.8. The number of hydroxylamine groups is 1. The Balaban J connectivity index is 2.08. The molecule has 0 saturated carbocycles. The zero-order chi connectivity index (χ0) is 19.5. The molecule has 146 valence electrons. The number of nitrogens with zero attached hydrogens (tertiary/aromatic N) is 3. The normalized spacial score (nSPS) is 16.8. The number of hydrogen-bond donors (Lipinski definition) is 0. The molecule has 26 heavy (non-hydrogen) atoms. The van der Waals surface area contributed by atoms with Crippen LogP contribution in [0.3, 0.4) is 0 Å². The number of benzene rings is 1. The lowest BCUT2D eigenvalue weighted by Gasteiger charge is -2.33. The Bertz CT molecular complexity index is 844. The summed E-state index contributed by atoms with van der Waals surface area (Å²) in [6, 6.07) is 5.56. The van der Waals surface area contributed by atoms with Gasteiger partial charge in [-0.3, -0.25) is 9.63 Å². The fourth-order valence-corrected chi connectivity index (χ4v) is 4.61. The molecule has 1 aliphatic heterocycles. The van der Waals surface area contributed by atoms with E-state index < -0.39 is 20.0 Å². The van der Waals surface area contributed by atoms with E-state index in [-0.39, 0.29) is 29.6 Å². The smallest absolute Gasteiger partial charge is 0.264 e. The Morgan fingerprint density at radius 3 is 2.08 bits per heavy atom. The molecule has 1 aliphatic rings. The molecule has 1 fully saturated rings. The van der Waals surface area contributed by atoms with E-state index >= 15 is 0 Å². The monoisotopic (exact) mass is 405 g/mol. The first-order valence-electron chi connectivity index (χ1n) is 8.03. The fraction of sp³-hybridized carbons (Fsp3) is 0.533. The number of carbonyl (C=O) groups is 1. The molecule has 1 saturated heterocycles. The van der Waals surface area contributed by atoms with E-state index in [4.69, 9.17) is 4.84 Å². The highest BCUT2D eigenvalue weighted by Crippen LogP contribution is 2.17. The van der Waals surface area contributed by atoms with Crippen molar-refractivity contribution in [3.63, 3.8) is 0 Å². The molecule has 0 atom stereocenters. The van der Waals surface area contributed by atoms with Gasteiger partial charge in [-0.25, -0.2) is 16.8 Å². The molecule has 0 N–H and O–H groups in total. The zero-order valence-corrected chi connectivity index (χ0v) is 16.6. The third-order valence-corrected chi connectivity index (χ3v) is 7.85. The molecule has 0 bridgehead atoms. The highest BCUT2D eigenvalue weighted by atomic mass is 32.2. The largest absolute Gasteiger partial charge is 0.336 e. The minimum Gasteiger partial charge on any atom is -0.336 e. The van der Waals surface area contributed by atoms with E-state index in [1.165, 1.54) is 42.7 Å². The van der Waals surface area contributed by atoms with Gasteiger partial charge in [-0.2, -0.15) is 4.31 Å². The second-order valence-corrected chi connectivity index (χ2v) is 9.91. The number of hydrogen-bond acceptors (Lipinski definition) is 6. The molecule has 0 unspecified atom stereocenters. The molecule has 1 amide bonds. The molecule has 1 aromatic carbocycles. The van der Waals surface area contributed by atoms with Gasteiger partial charge in [-0.15, -0.1) is 0 Å². The van der Waals surface area contributed by atoms with Crippen molar-refractivity contribution in [2.45, 2.75) is 11.8 Å². The van der Waals surface area contributed by atoms with Gasteiger partial charge in [0.05, 0.1) is 17.8 Å². The van der Waals surface area contributed by atoms with Crippen molar-refractivity contribution in [3.05, 3.63) is 29.8 Å². The molecule has 0 spiro atoms. The van der Waals surface area contributed by atoms with Crippen molar-refractivity contribution in [1.29, 1.82) is 0 Å². The Kier molecular flexibility index (Phi) is 6.40. The molecule has 11 heteroatoms. The van der Waals surface area contributed by atoms with Crippen LogP contribution < -0.4 is 0 Å². The summed E-state index contributed by atoms with van der Waals surface area (Å²) in [5.41, 5.74) is 0.343. The molecule has 2 rings (SSSR count). The van der Waals surface area contributed by atoms with Crippen LogP contribution in [0.1, 0.15) is 17.3 Å². The van der Waals surface area contributed by atoms with Gasteiger partial charge in [-0.1, -0.05) is 4.47 Å². The standard InChI is InChI=1S/C15H23N3O6S2/c1-4-25(20,21)18-11-9-17(10-12-18)15(19)13-5-7-14(8-6-13)26(22,23)16(2)24-3/h5-8H,4,9-12H2,1-3H3. The predicted molar refractivity (Wildman–Crippen MR) is 95.3 cm³/mol. The van der Waals surface area contributed by atoms with Crippen LogP contribution in [0.25, 0.3) is 0 Å². The molecule has 1 aromatic rings. The number of amides is 1. The first-order chi connectivity index (χ1) is 12.1. The maximum Gasteiger partial charge on any atom is 0.264 e. The Morgan fingerprint density at radius 2 is 1.62 bits per heavy atom. The highest BCUT2D eigenvalue weighted by molar-refractivity contribution is 7.89. The second kappa shape index (κ2) is 8.01. The lowest BCUT2D eigenvalue weighted by atomic mass is 10.2. The number of sulfonamides is 2. The van der Waals surface area contributed by atoms with Gasteiger partial charge in [-0.05, 0) is 31.2 Å². The lowest BCUT2D eigenvalue weighted by Crippen LogP contribution is -2.50. The summed E-state index contributed by atoms with van der Waals surface area (Å²) < 4.78 is 50.1. The van der Waals surface area contributed by atoms with Crippen LogP contribution in [0, 0.1) is 0 Å². The van der Waals surface area contributed by atoms with Crippen molar-refractivity contribution < 1.29 is 26.5 Å². The molecule has 9 nitrogen and oxygen atoms in total. The minimum absolute atomic E-state index is 0.0114. The molecule has 0 aliphatic carbocycles. The summed E-state index contributed by atoms with van der Waals surface area (Å²) in [7, 11) is -4.51. The highest BCUT2D eigenvalue weighted by Gasteiger charge is 2.28. The zero-order valence-electron chi connectivity index (χ0n) is 15.0. The average Bonchev–Trinajstić information content (AvgIpc) is 2.66. The van der Waals surface area contributed by atoms with Crippen molar-refractivity contribution >= 4 is 26.0 Å². The summed E-state index contributed by atoms with van der Waals surface area (Å²) >= 11 is 0. The number of carbonyl (C=O) groups excluding carboxylic acids is 1. The van der Waals surface area contributed by atoms with E-state index in [1.807, 2.05) is 0 Å². The SMILES string of the molecule is CCS(=O)(=O)N1CCN(C(=O)c2ccc(S(=O)(=O)N(C)OC)cc2)CC1. The average molecular weight is 405 g/mol. The fourth-order valence-electron chi connectivity index (χ4n) is 2.55. The van der Waals surface area contributed by atoms with E-state index in [0.717, 1.165) is 4.47 Å². The van der Waals surface area contributed by atoms with Crippen molar-refractivity contribution in [2.24, 2.45) is 0 Å². The van der Waals surface area contributed by atoms with E-state index in [2.05, 4.69) is 0 Å². The van der Waals surface area contributed by atoms with Crippen molar-refractivity contribution in [2.75, 3.05) is 46.1 Å². The molecular formula is C15H23N3O6S2. The van der Waals surface area contributed by atoms with Gasteiger partial charge >= 0.3 is 0 Å². The van der Waals surface area contributed by atoms with E-state index in [9.17, 15) is 21.6 Å². The minimum atomic E-state index is -3.77. The maximum atomic E-state index is 12.6. The van der Waals surface area contributed by atoms with Crippen LogP contribution >= 0.6 is 0 Å². The van der Waals surface area contributed by atoms with Crippen LogP contribution in [-0.4, -0.2) is 82.5 Å². The lowest BCUT2D eigenvalue weighted by molar-refractivity contribution is -0.0258. The van der Waals surface area contributed by atoms with Gasteiger partial charge in [0.25, 0.3) is 15.9 Å². The van der Waals surface area contributed by atoms with Gasteiger partial charge in [0.1, 0.15) is 0 Å². The summed E-state index contributed by atoms with van der Waals surface area (Å²) in [5, 5.41) is 0. The van der Waals surface area contributed by atoms with Gasteiger partial charge in [0, 0.05) is 38.8 Å². The topological polar surface area (TPSA) is 104 Å². The Labute approximate surface area is 154 Å². The van der Waals surface area contributed by atoms with E-state index in [1.54, 1.807) is 11.8 Å². The third-order valence-electron chi connectivity index (χ3n) is 4.28. The Morgan fingerprint density at radius 1 is 1.08 bits per heavy atom. The van der Waals surface area contributed by atoms with Gasteiger partial charge in [0.15, 0.2) is 0 Å². The summed E-state index contributed by atoms with van der Waals surface area (Å²) in [6.45, 7) is 2.69. The number of rotatable bonds is 6. The van der Waals surface area contributed by atoms with Crippen LogP contribution in [0.2, 0.25) is 0 Å². The van der Waals surface area contributed by atoms with Gasteiger partial charge in [0.2, 0.25) is 10.0 Å². The quantitative estimate of drug-likeness (QED) is 0.616. The second-order valence-electron chi connectivity index (χ2n) is 5.71. The molecule has 0 aromatic heterocycles. The molecular weight excluding hydrogens is 382 g/mol. The molecule has 1 heterocycles. The van der Waals surface area contributed by atoms with Crippen LogP contribution in [0.15, 0.2) is 29.2 Å². The van der Waals surface area contributed by atoms with Crippen LogP contribution in [0.4, 0.5) is 0 Å². The first kappa shape index (κ1) is 20.8.